The summed E-state index contributed by atoms with van der Waals surface area (Å²) >= 11 is 0. The molecule has 0 amide bonds. The number of hydrogen-bond acceptors (Lipinski definition) is 2. The Balaban J connectivity index is 0.996. The van der Waals surface area contributed by atoms with Crippen LogP contribution in [-0.4, -0.2) is 0 Å². The summed E-state index contributed by atoms with van der Waals surface area (Å²) in [7, 11) is 0. The molecule has 0 spiro atoms. The van der Waals surface area contributed by atoms with E-state index in [2.05, 4.69) is 229 Å². The maximum atomic E-state index is 6.42. The van der Waals surface area contributed by atoms with E-state index >= 15 is 0 Å². The highest BCUT2D eigenvalue weighted by atomic mass is 16.3. The first kappa shape index (κ1) is 34.1. The van der Waals surface area contributed by atoms with Gasteiger partial charge >= 0.3 is 0 Å². The van der Waals surface area contributed by atoms with Gasteiger partial charge in [0.25, 0.3) is 0 Å². The van der Waals surface area contributed by atoms with Crippen molar-refractivity contribution in [2.75, 3.05) is 4.90 Å². The van der Waals surface area contributed by atoms with Crippen LogP contribution in [-0.2, 0) is 0 Å². The molecule has 0 aliphatic rings. The van der Waals surface area contributed by atoms with Gasteiger partial charge in [0.15, 0.2) is 0 Å². The molecule has 0 N–H and O–H groups in total. The van der Waals surface area contributed by atoms with E-state index < -0.39 is 0 Å². The summed E-state index contributed by atoms with van der Waals surface area (Å²) in [4.78, 5) is 2.39. The molecule has 0 atom stereocenters. The zero-order chi connectivity index (χ0) is 39.6. The quantitative estimate of drug-likeness (QED) is 0.157. The summed E-state index contributed by atoms with van der Waals surface area (Å²) < 4.78 is 6.42. The Kier molecular flexibility index (Phi) is 7.89. The zero-order valence-electron chi connectivity index (χ0n) is 32.7. The fourth-order valence-electron chi connectivity index (χ4n) is 9.22. The molecule has 0 aliphatic carbocycles. The van der Waals surface area contributed by atoms with Gasteiger partial charge in [0.2, 0.25) is 0 Å². The number of rotatable bonds is 6. The number of anilines is 3. The average Bonchev–Trinajstić information content (AvgIpc) is 3.67. The third-order valence-electron chi connectivity index (χ3n) is 12.2. The SMILES string of the molecule is c1ccc(N(c2ccc(-c3ccc4ccccc4c3)cc2)c2ccc(-c3cccc4c3ccc3ccccc34)cc2)c(-c2ccc3oc4cc5ccccc5cc4c3c2)c1. The van der Waals surface area contributed by atoms with Gasteiger partial charge in [-0.25, -0.2) is 0 Å². The van der Waals surface area contributed by atoms with Crippen LogP contribution >= 0.6 is 0 Å². The molecule has 0 aliphatic heterocycles. The number of para-hydroxylation sites is 1. The molecular formula is C58H37NO. The van der Waals surface area contributed by atoms with Crippen molar-refractivity contribution in [3.63, 3.8) is 0 Å². The van der Waals surface area contributed by atoms with E-state index in [4.69, 9.17) is 4.42 Å². The summed E-state index contributed by atoms with van der Waals surface area (Å²) in [5.41, 5.74) is 12.1. The Morgan fingerprint density at radius 3 is 1.63 bits per heavy atom. The second-order valence-corrected chi connectivity index (χ2v) is 15.7. The van der Waals surface area contributed by atoms with Crippen molar-refractivity contribution in [3.8, 4) is 33.4 Å². The predicted octanol–water partition coefficient (Wildman–Crippen LogP) is 16.7. The van der Waals surface area contributed by atoms with Gasteiger partial charge in [0.05, 0.1) is 5.69 Å². The van der Waals surface area contributed by atoms with E-state index in [0.717, 1.165) is 50.1 Å². The minimum Gasteiger partial charge on any atom is -0.456 e. The Hall–Kier alpha value is -7.94. The van der Waals surface area contributed by atoms with Gasteiger partial charge in [0, 0.05) is 27.7 Å². The normalized spacial score (nSPS) is 11.7. The van der Waals surface area contributed by atoms with Crippen LogP contribution in [0.15, 0.2) is 229 Å². The summed E-state index contributed by atoms with van der Waals surface area (Å²) in [6.07, 6.45) is 0. The first-order valence-corrected chi connectivity index (χ1v) is 20.6. The Labute approximate surface area is 347 Å². The molecule has 12 rings (SSSR count). The minimum atomic E-state index is 0.889. The van der Waals surface area contributed by atoms with E-state index in [0.29, 0.717) is 0 Å². The molecule has 2 nitrogen and oxygen atoms in total. The molecule has 2 heteroatoms. The smallest absolute Gasteiger partial charge is 0.136 e. The van der Waals surface area contributed by atoms with E-state index in [1.165, 1.54) is 65.3 Å². The number of fused-ring (bicyclic) bond motifs is 8. The number of nitrogens with zero attached hydrogens (tertiary/aromatic N) is 1. The molecule has 60 heavy (non-hydrogen) atoms. The highest BCUT2D eigenvalue weighted by molar-refractivity contribution is 6.13. The lowest BCUT2D eigenvalue weighted by Crippen LogP contribution is -2.11. The number of furan rings is 1. The minimum absolute atomic E-state index is 0.889. The third-order valence-corrected chi connectivity index (χ3v) is 12.2. The van der Waals surface area contributed by atoms with Gasteiger partial charge in [-0.2, -0.15) is 0 Å². The molecule has 0 unspecified atom stereocenters. The fourth-order valence-corrected chi connectivity index (χ4v) is 9.22. The lowest BCUT2D eigenvalue weighted by molar-refractivity contribution is 0.669. The largest absolute Gasteiger partial charge is 0.456 e. The summed E-state index contributed by atoms with van der Waals surface area (Å²) in [5, 5.41) is 12.2. The van der Waals surface area contributed by atoms with E-state index in [1.807, 2.05) is 0 Å². The van der Waals surface area contributed by atoms with E-state index in [-0.39, 0.29) is 0 Å². The summed E-state index contributed by atoms with van der Waals surface area (Å²) in [5.74, 6) is 0. The van der Waals surface area contributed by atoms with Gasteiger partial charge in [-0.05, 0) is 132 Å². The Bertz CT molecular complexity index is 3600. The first-order chi connectivity index (χ1) is 29.7. The van der Waals surface area contributed by atoms with Crippen molar-refractivity contribution >= 4 is 82.1 Å². The lowest BCUT2D eigenvalue weighted by atomic mass is 9.94. The molecule has 0 bridgehead atoms. The lowest BCUT2D eigenvalue weighted by Gasteiger charge is -2.28. The van der Waals surface area contributed by atoms with Crippen molar-refractivity contribution in [2.24, 2.45) is 0 Å². The van der Waals surface area contributed by atoms with Crippen LogP contribution in [0.3, 0.4) is 0 Å². The number of benzene rings is 11. The van der Waals surface area contributed by atoms with Crippen LogP contribution < -0.4 is 4.90 Å². The molecule has 11 aromatic carbocycles. The molecule has 1 aromatic heterocycles. The zero-order valence-corrected chi connectivity index (χ0v) is 32.7. The van der Waals surface area contributed by atoms with Gasteiger partial charge < -0.3 is 9.32 Å². The fraction of sp³-hybridized carbons (Fsp3) is 0. The molecule has 0 saturated carbocycles. The van der Waals surface area contributed by atoms with E-state index in [9.17, 15) is 0 Å². The molecular weight excluding hydrogens is 727 g/mol. The molecule has 0 fully saturated rings. The molecule has 1 heterocycles. The summed E-state index contributed by atoms with van der Waals surface area (Å²) in [6, 6.07) is 81.4. The van der Waals surface area contributed by atoms with Crippen molar-refractivity contribution < 1.29 is 4.42 Å². The van der Waals surface area contributed by atoms with Crippen molar-refractivity contribution in [2.45, 2.75) is 0 Å². The maximum Gasteiger partial charge on any atom is 0.136 e. The van der Waals surface area contributed by atoms with Crippen molar-refractivity contribution in [1.29, 1.82) is 0 Å². The maximum absolute atomic E-state index is 6.42. The van der Waals surface area contributed by atoms with Crippen LogP contribution in [0.25, 0.3) is 98.4 Å². The second-order valence-electron chi connectivity index (χ2n) is 15.7. The topological polar surface area (TPSA) is 16.4 Å². The average molecular weight is 764 g/mol. The van der Waals surface area contributed by atoms with Gasteiger partial charge in [-0.1, -0.05) is 164 Å². The van der Waals surface area contributed by atoms with Crippen LogP contribution in [0.1, 0.15) is 0 Å². The Morgan fingerprint density at radius 2 is 0.833 bits per heavy atom. The molecule has 0 saturated heterocycles. The van der Waals surface area contributed by atoms with Crippen LogP contribution in [0.5, 0.6) is 0 Å². The van der Waals surface area contributed by atoms with E-state index in [1.54, 1.807) is 0 Å². The highest BCUT2D eigenvalue weighted by Crippen LogP contribution is 2.44. The van der Waals surface area contributed by atoms with Gasteiger partial charge in [-0.15, -0.1) is 0 Å². The van der Waals surface area contributed by atoms with Crippen molar-refractivity contribution in [3.05, 3.63) is 224 Å². The predicted molar refractivity (Wildman–Crippen MR) is 255 cm³/mol. The number of hydrogen-bond donors (Lipinski definition) is 0. The van der Waals surface area contributed by atoms with Gasteiger partial charge in [0.1, 0.15) is 11.2 Å². The van der Waals surface area contributed by atoms with Crippen molar-refractivity contribution in [1.82, 2.24) is 0 Å². The van der Waals surface area contributed by atoms with Crippen LogP contribution in [0.2, 0.25) is 0 Å². The first-order valence-electron chi connectivity index (χ1n) is 20.6. The standard InChI is InChI=1S/C58H37NO/c1-2-12-42-34-45(21-20-38(42)10-1)39-22-28-47(29-23-39)59(48-30-24-41(25-31-48)50-17-9-18-52-49-15-6-5-11-40(49)26-32-53(50)52)56-19-8-7-16-51(56)46-27-33-57-54(36-46)55-35-43-13-3-4-14-44(43)37-58(55)60-57/h1-37H. The third kappa shape index (κ3) is 5.73. The monoisotopic (exact) mass is 763 g/mol. The molecule has 0 radical (unpaired) electrons. The summed E-state index contributed by atoms with van der Waals surface area (Å²) in [6.45, 7) is 0. The Morgan fingerprint density at radius 1 is 0.267 bits per heavy atom. The van der Waals surface area contributed by atoms with Crippen LogP contribution in [0, 0.1) is 0 Å². The highest BCUT2D eigenvalue weighted by Gasteiger charge is 2.19. The molecule has 280 valence electrons. The second kappa shape index (κ2) is 13.9. The van der Waals surface area contributed by atoms with Gasteiger partial charge in [-0.3, -0.25) is 0 Å². The molecule has 12 aromatic rings. The van der Waals surface area contributed by atoms with Crippen LogP contribution in [0.4, 0.5) is 17.1 Å².